The summed E-state index contributed by atoms with van der Waals surface area (Å²) in [5.41, 5.74) is 4.74. The van der Waals surface area contributed by atoms with Crippen LogP contribution in [0.3, 0.4) is 0 Å². The fraction of sp³-hybridized carbons (Fsp3) is 0.0526. The molecule has 22 heavy (non-hydrogen) atoms. The standard InChI is InChI=1S/C19H15NO2/c21-13-18-9-6-15(12-20-18)10-14-4-7-16(8-5-14)17-2-1-3-19(22)11-17/h1-9,11-13,22H,10H2. The van der Waals surface area contributed by atoms with Crippen LogP contribution < -0.4 is 0 Å². The Morgan fingerprint density at radius 1 is 0.909 bits per heavy atom. The largest absolute Gasteiger partial charge is 0.508 e. The Bertz CT molecular complexity index is 777. The van der Waals surface area contributed by atoms with E-state index in [0.29, 0.717) is 5.69 Å². The molecule has 3 rings (SSSR count). The van der Waals surface area contributed by atoms with Crippen molar-refractivity contribution in [1.29, 1.82) is 0 Å². The van der Waals surface area contributed by atoms with Gasteiger partial charge in [-0.25, -0.2) is 0 Å². The SMILES string of the molecule is O=Cc1ccc(Cc2ccc(-c3cccc(O)c3)cc2)cn1. The number of hydrogen-bond acceptors (Lipinski definition) is 3. The van der Waals surface area contributed by atoms with Crippen LogP contribution in [0.5, 0.6) is 5.75 Å². The van der Waals surface area contributed by atoms with Crippen LogP contribution in [0.25, 0.3) is 11.1 Å². The molecule has 0 spiro atoms. The molecular weight excluding hydrogens is 274 g/mol. The van der Waals surface area contributed by atoms with Crippen LogP contribution in [0.1, 0.15) is 21.6 Å². The zero-order chi connectivity index (χ0) is 15.4. The predicted molar refractivity (Wildman–Crippen MR) is 86.0 cm³/mol. The van der Waals surface area contributed by atoms with Crippen molar-refractivity contribution in [2.24, 2.45) is 0 Å². The first-order valence-electron chi connectivity index (χ1n) is 7.03. The Morgan fingerprint density at radius 2 is 1.68 bits per heavy atom. The molecule has 0 unspecified atom stereocenters. The van der Waals surface area contributed by atoms with Crippen LogP contribution in [-0.2, 0) is 6.42 Å². The van der Waals surface area contributed by atoms with Crippen LogP contribution in [-0.4, -0.2) is 16.4 Å². The van der Waals surface area contributed by atoms with Gasteiger partial charge in [-0.2, -0.15) is 0 Å². The van der Waals surface area contributed by atoms with E-state index in [1.807, 2.05) is 30.3 Å². The molecule has 3 aromatic rings. The average molecular weight is 289 g/mol. The number of carbonyl (C=O) groups is 1. The van der Waals surface area contributed by atoms with Crippen molar-refractivity contribution in [2.75, 3.05) is 0 Å². The fourth-order valence-electron chi connectivity index (χ4n) is 2.35. The Morgan fingerprint density at radius 3 is 2.32 bits per heavy atom. The maximum absolute atomic E-state index is 10.6. The van der Waals surface area contributed by atoms with Crippen molar-refractivity contribution in [3.63, 3.8) is 0 Å². The third kappa shape index (κ3) is 3.20. The number of rotatable bonds is 4. The molecule has 0 bridgehead atoms. The number of phenols is 1. The molecule has 0 amide bonds. The number of aromatic nitrogens is 1. The second kappa shape index (κ2) is 6.22. The van der Waals surface area contributed by atoms with Gasteiger partial charge in [-0.3, -0.25) is 9.78 Å². The number of aldehydes is 1. The molecule has 3 heteroatoms. The number of nitrogens with zero attached hydrogens (tertiary/aromatic N) is 1. The van der Waals surface area contributed by atoms with E-state index in [4.69, 9.17) is 0 Å². The lowest BCUT2D eigenvalue weighted by Gasteiger charge is -2.05. The van der Waals surface area contributed by atoms with E-state index in [1.165, 1.54) is 5.56 Å². The third-order valence-electron chi connectivity index (χ3n) is 3.51. The molecular formula is C19H15NO2. The van der Waals surface area contributed by atoms with Gasteiger partial charge >= 0.3 is 0 Å². The van der Waals surface area contributed by atoms with E-state index in [2.05, 4.69) is 17.1 Å². The summed E-state index contributed by atoms with van der Waals surface area (Å²) in [6.45, 7) is 0. The Kier molecular flexibility index (Phi) is 3.97. The lowest BCUT2D eigenvalue weighted by Crippen LogP contribution is -1.92. The summed E-state index contributed by atoms with van der Waals surface area (Å²) in [5.74, 6) is 0.267. The molecule has 3 nitrogen and oxygen atoms in total. The number of hydrogen-bond donors (Lipinski definition) is 1. The van der Waals surface area contributed by atoms with Gasteiger partial charge in [-0.15, -0.1) is 0 Å². The average Bonchev–Trinajstić information content (AvgIpc) is 2.56. The van der Waals surface area contributed by atoms with E-state index in [1.54, 1.807) is 24.4 Å². The van der Waals surface area contributed by atoms with Gasteiger partial charge in [0.2, 0.25) is 0 Å². The van der Waals surface area contributed by atoms with Crippen molar-refractivity contribution in [2.45, 2.75) is 6.42 Å². The van der Waals surface area contributed by atoms with Gasteiger partial charge in [-0.1, -0.05) is 42.5 Å². The summed E-state index contributed by atoms with van der Waals surface area (Å²) in [6, 6.07) is 19.1. The van der Waals surface area contributed by atoms with Crippen molar-refractivity contribution >= 4 is 6.29 Å². The Hall–Kier alpha value is -2.94. The van der Waals surface area contributed by atoms with Gasteiger partial charge in [0.1, 0.15) is 11.4 Å². The lowest BCUT2D eigenvalue weighted by atomic mass is 10.0. The van der Waals surface area contributed by atoms with Crippen LogP contribution in [0.4, 0.5) is 0 Å². The van der Waals surface area contributed by atoms with Gasteiger partial charge in [0.25, 0.3) is 0 Å². The highest BCUT2D eigenvalue weighted by atomic mass is 16.3. The molecule has 0 saturated heterocycles. The zero-order valence-electron chi connectivity index (χ0n) is 11.9. The highest BCUT2D eigenvalue weighted by molar-refractivity contribution is 5.71. The lowest BCUT2D eigenvalue weighted by molar-refractivity contribution is 0.111. The number of pyridine rings is 1. The van der Waals surface area contributed by atoms with E-state index < -0.39 is 0 Å². The van der Waals surface area contributed by atoms with Gasteiger partial charge in [0, 0.05) is 6.20 Å². The minimum Gasteiger partial charge on any atom is -0.508 e. The summed E-state index contributed by atoms with van der Waals surface area (Å²) >= 11 is 0. The van der Waals surface area contributed by atoms with Gasteiger partial charge in [0.15, 0.2) is 6.29 Å². The minimum absolute atomic E-state index is 0.267. The summed E-state index contributed by atoms with van der Waals surface area (Å²) < 4.78 is 0. The van der Waals surface area contributed by atoms with Crippen LogP contribution >= 0.6 is 0 Å². The van der Waals surface area contributed by atoms with E-state index in [-0.39, 0.29) is 5.75 Å². The van der Waals surface area contributed by atoms with Crippen molar-refractivity contribution in [3.8, 4) is 16.9 Å². The number of carbonyl (C=O) groups excluding carboxylic acids is 1. The molecule has 0 fully saturated rings. The normalized spacial score (nSPS) is 10.4. The van der Waals surface area contributed by atoms with Gasteiger partial charge in [0.05, 0.1) is 0 Å². The van der Waals surface area contributed by atoms with Gasteiger partial charge in [-0.05, 0) is 46.9 Å². The first kappa shape index (κ1) is 14.0. The van der Waals surface area contributed by atoms with E-state index in [0.717, 1.165) is 29.4 Å². The van der Waals surface area contributed by atoms with E-state index in [9.17, 15) is 9.90 Å². The molecule has 1 aromatic heterocycles. The molecule has 0 aliphatic heterocycles. The first-order chi connectivity index (χ1) is 10.7. The highest BCUT2D eigenvalue weighted by Gasteiger charge is 2.01. The topological polar surface area (TPSA) is 50.2 Å². The highest BCUT2D eigenvalue weighted by Crippen LogP contribution is 2.24. The first-order valence-corrected chi connectivity index (χ1v) is 7.03. The molecule has 0 aliphatic rings. The zero-order valence-corrected chi connectivity index (χ0v) is 11.9. The van der Waals surface area contributed by atoms with Crippen molar-refractivity contribution in [1.82, 2.24) is 4.98 Å². The number of phenolic OH excluding ortho intramolecular Hbond substituents is 1. The number of aromatic hydroxyl groups is 1. The third-order valence-corrected chi connectivity index (χ3v) is 3.51. The molecule has 1 N–H and O–H groups in total. The molecule has 0 radical (unpaired) electrons. The molecule has 2 aromatic carbocycles. The maximum atomic E-state index is 10.6. The molecule has 0 atom stereocenters. The quantitative estimate of drug-likeness (QED) is 0.742. The van der Waals surface area contributed by atoms with Crippen LogP contribution in [0, 0.1) is 0 Å². The summed E-state index contributed by atoms with van der Waals surface area (Å²) in [4.78, 5) is 14.7. The van der Waals surface area contributed by atoms with Crippen molar-refractivity contribution < 1.29 is 9.90 Å². The molecule has 0 aliphatic carbocycles. The van der Waals surface area contributed by atoms with Crippen LogP contribution in [0.2, 0.25) is 0 Å². The van der Waals surface area contributed by atoms with Crippen LogP contribution in [0.15, 0.2) is 66.9 Å². The predicted octanol–water partition coefficient (Wildman–Crippen LogP) is 3.86. The summed E-state index contributed by atoms with van der Waals surface area (Å²) in [5, 5.41) is 9.53. The maximum Gasteiger partial charge on any atom is 0.168 e. The fourth-order valence-corrected chi connectivity index (χ4v) is 2.35. The van der Waals surface area contributed by atoms with Gasteiger partial charge < -0.3 is 5.11 Å². The number of benzene rings is 2. The van der Waals surface area contributed by atoms with Crippen molar-refractivity contribution in [3.05, 3.63) is 83.7 Å². The minimum atomic E-state index is 0.267. The Balaban J connectivity index is 1.77. The second-order valence-corrected chi connectivity index (χ2v) is 5.13. The summed E-state index contributed by atoms with van der Waals surface area (Å²) in [7, 11) is 0. The molecule has 0 saturated carbocycles. The van der Waals surface area contributed by atoms with E-state index >= 15 is 0 Å². The monoisotopic (exact) mass is 289 g/mol. The summed E-state index contributed by atoms with van der Waals surface area (Å²) in [6.07, 6.45) is 3.24. The molecule has 1 heterocycles. The second-order valence-electron chi connectivity index (χ2n) is 5.13. The smallest absolute Gasteiger partial charge is 0.168 e. The Labute approximate surface area is 128 Å². The molecule has 108 valence electrons.